The smallest absolute Gasteiger partial charge is 0.315 e. The number of carboxylic acids is 1. The van der Waals surface area contributed by atoms with E-state index in [1.165, 1.54) is 0 Å². The van der Waals surface area contributed by atoms with E-state index in [2.05, 4.69) is 10.6 Å². The summed E-state index contributed by atoms with van der Waals surface area (Å²) in [5.41, 5.74) is 1.08. The summed E-state index contributed by atoms with van der Waals surface area (Å²) in [4.78, 5) is 22.9. The van der Waals surface area contributed by atoms with E-state index in [-0.39, 0.29) is 18.5 Å². The van der Waals surface area contributed by atoms with E-state index in [1.807, 2.05) is 30.3 Å². The average Bonchev–Trinajstić information content (AvgIpc) is 3.11. The van der Waals surface area contributed by atoms with Crippen molar-refractivity contribution in [3.05, 3.63) is 35.9 Å². The lowest BCUT2D eigenvalue weighted by Crippen LogP contribution is -2.43. The van der Waals surface area contributed by atoms with Crippen molar-refractivity contribution in [3.63, 3.8) is 0 Å². The molecule has 1 aromatic rings. The van der Waals surface area contributed by atoms with Crippen molar-refractivity contribution in [2.24, 2.45) is 5.92 Å². The number of nitrogens with one attached hydrogen (secondary N) is 2. The predicted octanol–water partition coefficient (Wildman–Crippen LogP) is 2.58. The topological polar surface area (TPSA) is 87.7 Å². The molecule has 1 heterocycles. The summed E-state index contributed by atoms with van der Waals surface area (Å²) in [6.45, 7) is 2.31. The van der Waals surface area contributed by atoms with Gasteiger partial charge in [-0.2, -0.15) is 0 Å². The van der Waals surface area contributed by atoms with Crippen LogP contribution in [-0.4, -0.2) is 42.9 Å². The molecule has 138 valence electrons. The van der Waals surface area contributed by atoms with Crippen LogP contribution in [0.1, 0.15) is 37.7 Å². The molecule has 0 bridgehead atoms. The van der Waals surface area contributed by atoms with E-state index in [4.69, 9.17) is 9.84 Å². The van der Waals surface area contributed by atoms with Crippen LogP contribution in [0.25, 0.3) is 0 Å². The summed E-state index contributed by atoms with van der Waals surface area (Å²) < 4.78 is 5.34. The number of carboxylic acid groups (broad SMARTS) is 1. The van der Waals surface area contributed by atoms with Crippen LogP contribution in [0.4, 0.5) is 4.79 Å². The minimum absolute atomic E-state index is 0.0411. The third-order valence-corrected chi connectivity index (χ3v) is 4.47. The molecule has 2 rings (SSSR count). The number of hydrogen-bond acceptors (Lipinski definition) is 3. The fourth-order valence-corrected chi connectivity index (χ4v) is 3.06. The van der Waals surface area contributed by atoms with Crippen molar-refractivity contribution in [3.8, 4) is 0 Å². The molecule has 2 amide bonds. The van der Waals surface area contributed by atoms with Crippen LogP contribution in [-0.2, 0) is 16.0 Å². The number of amides is 2. The van der Waals surface area contributed by atoms with E-state index in [0.717, 1.165) is 38.0 Å². The van der Waals surface area contributed by atoms with Crippen molar-refractivity contribution >= 4 is 12.0 Å². The first-order chi connectivity index (χ1) is 12.1. The second-order valence-electron chi connectivity index (χ2n) is 6.59. The third kappa shape index (κ3) is 8.03. The lowest BCUT2D eigenvalue weighted by molar-refractivity contribution is -0.137. The normalized spacial score (nSPS) is 17.8. The van der Waals surface area contributed by atoms with Crippen LogP contribution in [0.5, 0.6) is 0 Å². The molecule has 2 unspecified atom stereocenters. The molecule has 3 N–H and O–H groups in total. The molecule has 2 atom stereocenters. The molecule has 1 aromatic carbocycles. The lowest BCUT2D eigenvalue weighted by atomic mass is 10.0. The van der Waals surface area contributed by atoms with Gasteiger partial charge in [-0.15, -0.1) is 0 Å². The molecule has 1 aliphatic rings. The van der Waals surface area contributed by atoms with Crippen molar-refractivity contribution in [2.45, 2.75) is 44.6 Å². The lowest BCUT2D eigenvalue weighted by Gasteiger charge is -2.19. The van der Waals surface area contributed by atoms with Gasteiger partial charge < -0.3 is 20.5 Å². The summed E-state index contributed by atoms with van der Waals surface area (Å²) in [6, 6.07) is 9.36. The van der Waals surface area contributed by atoms with Crippen LogP contribution in [0.2, 0.25) is 0 Å². The maximum atomic E-state index is 12.1. The van der Waals surface area contributed by atoms with Gasteiger partial charge in [0, 0.05) is 32.2 Å². The number of urea groups is 1. The SMILES string of the molecule is O=C(O)CCC(Cc1ccccc1)NC(=O)NCCCC1CCOC1. The highest BCUT2D eigenvalue weighted by atomic mass is 16.5. The monoisotopic (exact) mass is 348 g/mol. The van der Waals surface area contributed by atoms with Crippen LogP contribution in [0, 0.1) is 5.92 Å². The highest BCUT2D eigenvalue weighted by Crippen LogP contribution is 2.17. The maximum absolute atomic E-state index is 12.1. The third-order valence-electron chi connectivity index (χ3n) is 4.47. The van der Waals surface area contributed by atoms with Gasteiger partial charge in [-0.1, -0.05) is 30.3 Å². The number of hydrogen-bond donors (Lipinski definition) is 3. The highest BCUT2D eigenvalue weighted by Gasteiger charge is 2.16. The van der Waals surface area contributed by atoms with E-state index >= 15 is 0 Å². The number of carbonyl (C=O) groups excluding carboxylic acids is 1. The first-order valence-electron chi connectivity index (χ1n) is 9.01. The zero-order chi connectivity index (χ0) is 17.9. The van der Waals surface area contributed by atoms with E-state index in [1.54, 1.807) is 0 Å². The summed E-state index contributed by atoms with van der Waals surface area (Å²) in [5.74, 6) is -0.231. The van der Waals surface area contributed by atoms with Gasteiger partial charge in [0.05, 0.1) is 0 Å². The van der Waals surface area contributed by atoms with Crippen LogP contribution in [0.15, 0.2) is 30.3 Å². The minimum Gasteiger partial charge on any atom is -0.481 e. The number of benzene rings is 1. The molecule has 25 heavy (non-hydrogen) atoms. The molecule has 1 aliphatic heterocycles. The molecule has 0 aliphatic carbocycles. The zero-order valence-electron chi connectivity index (χ0n) is 14.6. The average molecular weight is 348 g/mol. The standard InChI is InChI=1S/C19H28N2O4/c22-18(23)9-8-17(13-15-5-2-1-3-6-15)21-19(24)20-11-4-7-16-10-12-25-14-16/h1-3,5-6,16-17H,4,7-14H2,(H,22,23)(H2,20,21,24). The summed E-state index contributed by atoms with van der Waals surface area (Å²) in [7, 11) is 0. The first kappa shape index (κ1) is 19.2. The number of ether oxygens (including phenoxy) is 1. The Hall–Kier alpha value is -2.08. The molecule has 0 radical (unpaired) electrons. The van der Waals surface area contributed by atoms with Gasteiger partial charge in [0.1, 0.15) is 0 Å². The molecular formula is C19H28N2O4. The second kappa shape index (κ2) is 10.7. The summed E-state index contributed by atoms with van der Waals surface area (Å²) in [6.07, 6.45) is 4.19. The maximum Gasteiger partial charge on any atom is 0.315 e. The van der Waals surface area contributed by atoms with Gasteiger partial charge in [-0.25, -0.2) is 4.79 Å². The predicted molar refractivity (Wildman–Crippen MR) is 95.5 cm³/mol. The van der Waals surface area contributed by atoms with Crippen molar-refractivity contribution in [1.29, 1.82) is 0 Å². The Morgan fingerprint density at radius 2 is 2.08 bits per heavy atom. The fourth-order valence-electron chi connectivity index (χ4n) is 3.06. The van der Waals surface area contributed by atoms with Crippen LogP contribution in [0.3, 0.4) is 0 Å². The Balaban J connectivity index is 1.72. The Morgan fingerprint density at radius 3 is 2.76 bits per heavy atom. The largest absolute Gasteiger partial charge is 0.481 e. The van der Waals surface area contributed by atoms with Gasteiger partial charge in [-0.3, -0.25) is 4.79 Å². The molecule has 6 heteroatoms. The van der Waals surface area contributed by atoms with E-state index in [0.29, 0.717) is 25.3 Å². The number of aliphatic carboxylic acids is 1. The van der Waals surface area contributed by atoms with Gasteiger partial charge in [0.15, 0.2) is 0 Å². The Bertz CT molecular complexity index is 529. The first-order valence-corrected chi connectivity index (χ1v) is 9.01. The van der Waals surface area contributed by atoms with Crippen molar-refractivity contribution in [1.82, 2.24) is 10.6 Å². The van der Waals surface area contributed by atoms with Crippen molar-refractivity contribution < 1.29 is 19.4 Å². The Kier molecular flexibility index (Phi) is 8.25. The van der Waals surface area contributed by atoms with Gasteiger partial charge >= 0.3 is 12.0 Å². The molecule has 1 saturated heterocycles. The Labute approximate surface area is 149 Å². The zero-order valence-corrected chi connectivity index (χ0v) is 14.6. The summed E-state index contributed by atoms with van der Waals surface area (Å²) >= 11 is 0. The second-order valence-corrected chi connectivity index (χ2v) is 6.59. The number of carbonyl (C=O) groups is 2. The quantitative estimate of drug-likeness (QED) is 0.567. The summed E-state index contributed by atoms with van der Waals surface area (Å²) in [5, 5.41) is 14.7. The van der Waals surface area contributed by atoms with E-state index < -0.39 is 5.97 Å². The molecular weight excluding hydrogens is 320 g/mol. The van der Waals surface area contributed by atoms with Gasteiger partial charge in [0.2, 0.25) is 0 Å². The van der Waals surface area contributed by atoms with Crippen LogP contribution >= 0.6 is 0 Å². The van der Waals surface area contributed by atoms with Gasteiger partial charge in [0.25, 0.3) is 0 Å². The molecule has 0 saturated carbocycles. The molecule has 0 aromatic heterocycles. The molecule has 1 fully saturated rings. The molecule has 0 spiro atoms. The van der Waals surface area contributed by atoms with Gasteiger partial charge in [-0.05, 0) is 43.6 Å². The minimum atomic E-state index is -0.848. The number of rotatable bonds is 10. The van der Waals surface area contributed by atoms with E-state index in [9.17, 15) is 9.59 Å². The Morgan fingerprint density at radius 1 is 1.28 bits per heavy atom. The van der Waals surface area contributed by atoms with Crippen LogP contribution < -0.4 is 10.6 Å². The highest BCUT2D eigenvalue weighted by molar-refractivity contribution is 5.74. The fraction of sp³-hybridized carbons (Fsp3) is 0.579. The molecule has 6 nitrogen and oxygen atoms in total. The van der Waals surface area contributed by atoms with Crippen molar-refractivity contribution in [2.75, 3.05) is 19.8 Å².